The van der Waals surface area contributed by atoms with Crippen LogP contribution in [0, 0.1) is 6.92 Å². The molecule has 0 unspecified atom stereocenters. The smallest absolute Gasteiger partial charge is 0.272 e. The first-order valence-electron chi connectivity index (χ1n) is 10.1. The van der Waals surface area contributed by atoms with Crippen LogP contribution in [0.1, 0.15) is 59.0 Å². The molecule has 0 bridgehead atoms. The number of rotatable bonds is 5. The third-order valence-electron chi connectivity index (χ3n) is 5.60. The number of hydrogen-bond donors (Lipinski definition) is 2. The second kappa shape index (κ2) is 8.31. The number of aryl methyl sites for hydroxylation is 1. The fourth-order valence-corrected chi connectivity index (χ4v) is 3.92. The van der Waals surface area contributed by atoms with Gasteiger partial charge >= 0.3 is 0 Å². The van der Waals surface area contributed by atoms with Crippen LogP contribution in [0.3, 0.4) is 0 Å². The fourth-order valence-electron chi connectivity index (χ4n) is 3.92. The summed E-state index contributed by atoms with van der Waals surface area (Å²) in [6.45, 7) is 5.14. The Morgan fingerprint density at radius 2 is 2.10 bits per heavy atom. The summed E-state index contributed by atoms with van der Waals surface area (Å²) in [5, 5.41) is 6.09. The highest BCUT2D eigenvalue weighted by Crippen LogP contribution is 2.26. The number of aromatic amines is 1. The highest BCUT2D eigenvalue weighted by Gasteiger charge is 2.21. The highest BCUT2D eigenvalue weighted by atomic mass is 16.5. The molecule has 1 aromatic carbocycles. The summed E-state index contributed by atoms with van der Waals surface area (Å²) >= 11 is 0. The summed E-state index contributed by atoms with van der Waals surface area (Å²) in [5.41, 5.74) is 3.17. The maximum Gasteiger partial charge on any atom is 0.272 e. The fraction of sp³-hybridized carbons (Fsp3) is 0.409. The van der Waals surface area contributed by atoms with Gasteiger partial charge in [0.05, 0.1) is 24.4 Å². The first-order valence-corrected chi connectivity index (χ1v) is 10.1. The molecule has 8 nitrogen and oxygen atoms in total. The van der Waals surface area contributed by atoms with E-state index in [0.717, 1.165) is 37.3 Å². The van der Waals surface area contributed by atoms with Gasteiger partial charge < -0.3 is 14.8 Å². The molecule has 1 aliphatic heterocycles. The van der Waals surface area contributed by atoms with Crippen molar-refractivity contribution in [3.8, 4) is 5.75 Å². The van der Waals surface area contributed by atoms with Crippen LogP contribution >= 0.6 is 0 Å². The molecule has 2 aromatic heterocycles. The van der Waals surface area contributed by atoms with Crippen LogP contribution < -0.4 is 15.6 Å². The Bertz CT molecular complexity index is 1130. The minimum atomic E-state index is -0.443. The third kappa shape index (κ3) is 3.82. The van der Waals surface area contributed by atoms with Crippen molar-refractivity contribution in [3.05, 3.63) is 63.2 Å². The standard InChI is InChI=1S/C22H26N4O4/c1-13-5-4-6-16(21(13)29-3)22(28)23-14(2)17-12-20(27)26-19(24-17)11-18(25-26)15-7-9-30-10-8-15/h4-6,11-12,14-15,25H,7-10H2,1-3H3,(H,23,28)/t14-/m1/s1. The topological polar surface area (TPSA) is 97.7 Å². The van der Waals surface area contributed by atoms with Gasteiger partial charge in [-0.1, -0.05) is 12.1 Å². The number of H-pyrrole nitrogens is 1. The van der Waals surface area contributed by atoms with E-state index in [1.54, 1.807) is 13.2 Å². The number of ether oxygens (including phenoxy) is 2. The van der Waals surface area contributed by atoms with Gasteiger partial charge in [-0.2, -0.15) is 0 Å². The summed E-state index contributed by atoms with van der Waals surface area (Å²) in [7, 11) is 1.54. The first kappa shape index (κ1) is 20.2. The van der Waals surface area contributed by atoms with E-state index in [2.05, 4.69) is 15.4 Å². The van der Waals surface area contributed by atoms with Gasteiger partial charge in [0.25, 0.3) is 11.5 Å². The molecule has 30 heavy (non-hydrogen) atoms. The zero-order valence-corrected chi connectivity index (χ0v) is 17.4. The molecule has 1 fully saturated rings. The summed E-state index contributed by atoms with van der Waals surface area (Å²) in [4.78, 5) is 30.0. The van der Waals surface area contributed by atoms with E-state index in [1.165, 1.54) is 10.6 Å². The summed E-state index contributed by atoms with van der Waals surface area (Å²) in [6.07, 6.45) is 1.83. The van der Waals surface area contributed by atoms with Crippen molar-refractivity contribution in [1.82, 2.24) is 19.9 Å². The monoisotopic (exact) mass is 410 g/mol. The zero-order chi connectivity index (χ0) is 21.3. The summed E-state index contributed by atoms with van der Waals surface area (Å²) in [5.74, 6) is 0.591. The van der Waals surface area contributed by atoms with E-state index in [1.807, 2.05) is 32.0 Å². The van der Waals surface area contributed by atoms with E-state index >= 15 is 0 Å². The molecule has 8 heteroatoms. The largest absolute Gasteiger partial charge is 0.496 e. The van der Waals surface area contributed by atoms with Gasteiger partial charge in [-0.3, -0.25) is 14.7 Å². The molecular weight excluding hydrogens is 384 g/mol. The van der Waals surface area contributed by atoms with Crippen LogP contribution in [0.5, 0.6) is 5.75 Å². The predicted molar refractivity (Wildman–Crippen MR) is 112 cm³/mol. The second-order valence-corrected chi connectivity index (χ2v) is 7.66. The number of aromatic nitrogens is 3. The molecule has 1 aliphatic rings. The minimum absolute atomic E-state index is 0.206. The van der Waals surface area contributed by atoms with Crippen molar-refractivity contribution in [2.24, 2.45) is 0 Å². The Labute approximate surface area is 174 Å². The molecule has 3 heterocycles. The summed E-state index contributed by atoms with van der Waals surface area (Å²) in [6, 6.07) is 8.34. The highest BCUT2D eigenvalue weighted by molar-refractivity contribution is 5.97. The van der Waals surface area contributed by atoms with E-state index in [9.17, 15) is 9.59 Å². The Morgan fingerprint density at radius 1 is 1.33 bits per heavy atom. The van der Waals surface area contributed by atoms with Gasteiger partial charge in [0, 0.05) is 37.0 Å². The van der Waals surface area contributed by atoms with Crippen LogP contribution in [-0.4, -0.2) is 40.8 Å². The molecule has 158 valence electrons. The Hall–Kier alpha value is -3.13. The van der Waals surface area contributed by atoms with Crippen LogP contribution in [0.25, 0.3) is 5.65 Å². The number of fused-ring (bicyclic) bond motifs is 1. The van der Waals surface area contributed by atoms with Gasteiger partial charge in [0.2, 0.25) is 0 Å². The van der Waals surface area contributed by atoms with E-state index < -0.39 is 6.04 Å². The van der Waals surface area contributed by atoms with Crippen molar-refractivity contribution in [2.45, 2.75) is 38.6 Å². The molecule has 0 spiro atoms. The lowest BCUT2D eigenvalue weighted by molar-refractivity contribution is 0.0844. The average Bonchev–Trinajstić information content (AvgIpc) is 3.19. The van der Waals surface area contributed by atoms with Crippen LogP contribution in [0.2, 0.25) is 0 Å². The number of methoxy groups -OCH3 is 1. The minimum Gasteiger partial charge on any atom is -0.496 e. The Balaban J connectivity index is 1.59. The number of nitrogens with zero attached hydrogens (tertiary/aromatic N) is 2. The number of benzene rings is 1. The molecular formula is C22H26N4O4. The lowest BCUT2D eigenvalue weighted by atomic mass is 9.97. The van der Waals surface area contributed by atoms with E-state index in [0.29, 0.717) is 28.6 Å². The van der Waals surface area contributed by atoms with Gasteiger partial charge in [-0.15, -0.1) is 0 Å². The number of carbonyl (C=O) groups is 1. The van der Waals surface area contributed by atoms with Crippen molar-refractivity contribution >= 4 is 11.6 Å². The molecule has 0 radical (unpaired) electrons. The molecule has 0 saturated carbocycles. The molecule has 3 aromatic rings. The van der Waals surface area contributed by atoms with Crippen molar-refractivity contribution < 1.29 is 14.3 Å². The van der Waals surface area contributed by atoms with E-state index in [-0.39, 0.29) is 11.5 Å². The quantitative estimate of drug-likeness (QED) is 0.674. The summed E-state index contributed by atoms with van der Waals surface area (Å²) < 4.78 is 12.2. The van der Waals surface area contributed by atoms with Gasteiger partial charge in [-0.25, -0.2) is 9.50 Å². The van der Waals surface area contributed by atoms with Gasteiger partial charge in [-0.05, 0) is 38.3 Å². The predicted octanol–water partition coefficient (Wildman–Crippen LogP) is 2.72. The zero-order valence-electron chi connectivity index (χ0n) is 17.4. The number of para-hydroxylation sites is 1. The van der Waals surface area contributed by atoms with Gasteiger partial charge in [0.1, 0.15) is 5.75 Å². The SMILES string of the molecule is COc1c(C)cccc1C(=O)N[C@H](C)c1cc(=O)n2[nH]c(C3CCOCC3)cc2n1. The third-order valence-corrected chi connectivity index (χ3v) is 5.60. The second-order valence-electron chi connectivity index (χ2n) is 7.66. The van der Waals surface area contributed by atoms with Crippen molar-refractivity contribution in [2.75, 3.05) is 20.3 Å². The molecule has 0 aliphatic carbocycles. The van der Waals surface area contributed by atoms with Crippen LogP contribution in [0.15, 0.2) is 35.1 Å². The Kier molecular flexibility index (Phi) is 5.59. The number of amides is 1. The van der Waals surface area contributed by atoms with Gasteiger partial charge in [0.15, 0.2) is 5.65 Å². The molecule has 4 rings (SSSR count). The van der Waals surface area contributed by atoms with Crippen molar-refractivity contribution in [3.63, 3.8) is 0 Å². The van der Waals surface area contributed by atoms with Crippen LogP contribution in [-0.2, 0) is 4.74 Å². The lowest BCUT2D eigenvalue weighted by Gasteiger charge is -2.20. The van der Waals surface area contributed by atoms with Crippen LogP contribution in [0.4, 0.5) is 0 Å². The number of hydrogen-bond acceptors (Lipinski definition) is 5. The molecule has 2 N–H and O–H groups in total. The maximum atomic E-state index is 12.8. The molecule has 1 amide bonds. The number of carbonyl (C=O) groups excluding carboxylic acids is 1. The number of nitrogens with one attached hydrogen (secondary N) is 2. The maximum absolute atomic E-state index is 12.8. The lowest BCUT2D eigenvalue weighted by Crippen LogP contribution is -2.29. The van der Waals surface area contributed by atoms with E-state index in [4.69, 9.17) is 9.47 Å². The molecule has 1 saturated heterocycles. The average molecular weight is 410 g/mol. The van der Waals surface area contributed by atoms with Crippen molar-refractivity contribution in [1.29, 1.82) is 0 Å². The normalized spacial score (nSPS) is 15.8. The first-order chi connectivity index (χ1) is 14.5. The molecule has 1 atom stereocenters. The Morgan fingerprint density at radius 3 is 2.83 bits per heavy atom.